The number of nitrogens with zero attached hydrogens (tertiary/aromatic N) is 2. The van der Waals surface area contributed by atoms with E-state index in [0.29, 0.717) is 12.0 Å². The summed E-state index contributed by atoms with van der Waals surface area (Å²) in [5.74, 6) is 1.43. The second-order valence-electron chi connectivity index (χ2n) is 4.94. The molecule has 0 amide bonds. The van der Waals surface area contributed by atoms with Crippen molar-refractivity contribution >= 4 is 11.6 Å². The highest BCUT2D eigenvalue weighted by Gasteiger charge is 2.25. The fraction of sp³-hybridized carbons (Fsp3) is 0.769. The molecule has 3 nitrogen and oxygen atoms in total. The number of aromatic nitrogens is 2. The number of alkyl halides is 1. The zero-order valence-corrected chi connectivity index (χ0v) is 11.5. The van der Waals surface area contributed by atoms with E-state index < -0.39 is 0 Å². The van der Waals surface area contributed by atoms with Crippen LogP contribution in [-0.4, -0.2) is 21.7 Å². The van der Waals surface area contributed by atoms with E-state index in [1.165, 1.54) is 30.7 Å². The molecular weight excluding hydrogens is 234 g/mol. The van der Waals surface area contributed by atoms with Gasteiger partial charge in [0, 0.05) is 25.5 Å². The van der Waals surface area contributed by atoms with E-state index in [0.717, 1.165) is 18.8 Å². The van der Waals surface area contributed by atoms with E-state index in [4.69, 9.17) is 11.6 Å². The molecule has 96 valence electrons. The van der Waals surface area contributed by atoms with Gasteiger partial charge in [0.05, 0.1) is 11.4 Å². The minimum atomic E-state index is 0.590. The van der Waals surface area contributed by atoms with Gasteiger partial charge in [0.2, 0.25) is 0 Å². The summed E-state index contributed by atoms with van der Waals surface area (Å²) >= 11 is 5.98. The van der Waals surface area contributed by atoms with E-state index in [2.05, 4.69) is 23.4 Å². The van der Waals surface area contributed by atoms with E-state index in [1.54, 1.807) is 0 Å². The molecular formula is C13H22ClN3. The summed E-state index contributed by atoms with van der Waals surface area (Å²) in [7, 11) is 2.02. The van der Waals surface area contributed by atoms with E-state index in [-0.39, 0.29) is 0 Å². The van der Waals surface area contributed by atoms with Gasteiger partial charge in [-0.3, -0.25) is 4.68 Å². The molecule has 0 aromatic carbocycles. The first-order valence-corrected chi connectivity index (χ1v) is 7.09. The molecule has 4 heteroatoms. The highest BCUT2D eigenvalue weighted by atomic mass is 35.5. The molecule has 0 spiro atoms. The van der Waals surface area contributed by atoms with Crippen molar-refractivity contribution in [3.05, 3.63) is 17.5 Å². The number of halogens is 1. The second kappa shape index (κ2) is 5.87. The summed E-state index contributed by atoms with van der Waals surface area (Å²) in [5.41, 5.74) is 2.44. The Morgan fingerprint density at radius 1 is 1.53 bits per heavy atom. The maximum absolute atomic E-state index is 5.98. The first-order chi connectivity index (χ1) is 8.24. The van der Waals surface area contributed by atoms with Crippen LogP contribution in [0, 0.1) is 5.92 Å². The molecule has 1 fully saturated rings. The van der Waals surface area contributed by atoms with Crippen molar-refractivity contribution in [2.45, 2.75) is 45.2 Å². The maximum Gasteiger partial charge on any atom is 0.0625 e. The molecule has 2 unspecified atom stereocenters. The van der Waals surface area contributed by atoms with Crippen LogP contribution in [0.2, 0.25) is 0 Å². The summed E-state index contributed by atoms with van der Waals surface area (Å²) in [6.07, 6.45) is 4.84. The average Bonchev–Trinajstić information content (AvgIpc) is 2.92. The van der Waals surface area contributed by atoms with Crippen LogP contribution < -0.4 is 5.32 Å². The normalized spacial score (nSPS) is 24.4. The lowest BCUT2D eigenvalue weighted by Gasteiger charge is -2.18. The highest BCUT2D eigenvalue weighted by molar-refractivity contribution is 6.18. The first-order valence-electron chi connectivity index (χ1n) is 6.55. The van der Waals surface area contributed by atoms with Crippen molar-refractivity contribution in [2.75, 3.05) is 5.88 Å². The maximum atomic E-state index is 5.98. The lowest BCUT2D eigenvalue weighted by Crippen LogP contribution is -2.33. The van der Waals surface area contributed by atoms with Crippen LogP contribution in [0.25, 0.3) is 0 Å². The summed E-state index contributed by atoms with van der Waals surface area (Å²) < 4.78 is 1.98. The predicted molar refractivity (Wildman–Crippen MR) is 71.3 cm³/mol. The molecule has 0 saturated heterocycles. The Morgan fingerprint density at radius 3 is 3.00 bits per heavy atom. The third-order valence-corrected chi connectivity index (χ3v) is 4.19. The van der Waals surface area contributed by atoms with Crippen molar-refractivity contribution in [3.8, 4) is 0 Å². The van der Waals surface area contributed by atoms with Crippen molar-refractivity contribution in [3.63, 3.8) is 0 Å². The summed E-state index contributed by atoms with van der Waals surface area (Å²) in [5, 5.41) is 8.10. The van der Waals surface area contributed by atoms with Crippen molar-refractivity contribution in [1.29, 1.82) is 0 Å². The monoisotopic (exact) mass is 255 g/mol. The minimum absolute atomic E-state index is 0.590. The lowest BCUT2D eigenvalue weighted by atomic mass is 10.1. The van der Waals surface area contributed by atoms with Gasteiger partial charge >= 0.3 is 0 Å². The van der Waals surface area contributed by atoms with Crippen molar-refractivity contribution < 1.29 is 0 Å². The largest absolute Gasteiger partial charge is 0.308 e. The number of aryl methyl sites for hydroxylation is 2. The topological polar surface area (TPSA) is 29.9 Å². The molecule has 1 heterocycles. The van der Waals surface area contributed by atoms with E-state index >= 15 is 0 Å². The molecule has 1 aliphatic carbocycles. The van der Waals surface area contributed by atoms with Gasteiger partial charge < -0.3 is 5.32 Å². The van der Waals surface area contributed by atoms with Crippen LogP contribution in [0.4, 0.5) is 0 Å². The molecule has 1 aromatic rings. The lowest BCUT2D eigenvalue weighted by molar-refractivity contribution is 0.423. The van der Waals surface area contributed by atoms with Crippen LogP contribution in [0.15, 0.2) is 6.07 Å². The van der Waals surface area contributed by atoms with Crippen LogP contribution in [0.1, 0.15) is 37.6 Å². The zero-order chi connectivity index (χ0) is 12.3. The Balaban J connectivity index is 1.90. The predicted octanol–water partition coefficient (Wildman–Crippen LogP) is 2.48. The Morgan fingerprint density at radius 2 is 2.35 bits per heavy atom. The van der Waals surface area contributed by atoms with Gasteiger partial charge in [-0.2, -0.15) is 5.10 Å². The Labute approximate surface area is 109 Å². The molecule has 2 rings (SSSR count). The third-order valence-electron chi connectivity index (χ3n) is 3.79. The number of nitrogens with one attached hydrogen (secondary N) is 1. The van der Waals surface area contributed by atoms with Crippen LogP contribution in [0.3, 0.4) is 0 Å². The second-order valence-corrected chi connectivity index (χ2v) is 5.25. The fourth-order valence-electron chi connectivity index (χ4n) is 2.64. The van der Waals surface area contributed by atoms with Gasteiger partial charge in [0.25, 0.3) is 0 Å². The Bertz CT molecular complexity index is 362. The van der Waals surface area contributed by atoms with Crippen LogP contribution in [-0.2, 0) is 20.0 Å². The number of hydrogen-bond acceptors (Lipinski definition) is 2. The minimum Gasteiger partial charge on any atom is -0.308 e. The van der Waals surface area contributed by atoms with Gasteiger partial charge in [0.15, 0.2) is 0 Å². The van der Waals surface area contributed by atoms with Crippen LogP contribution in [0.5, 0.6) is 0 Å². The molecule has 2 atom stereocenters. The molecule has 0 aliphatic heterocycles. The number of hydrogen-bond donors (Lipinski definition) is 1. The highest BCUT2D eigenvalue weighted by Crippen LogP contribution is 2.26. The van der Waals surface area contributed by atoms with E-state index in [9.17, 15) is 0 Å². The Kier molecular flexibility index (Phi) is 4.46. The molecule has 1 aromatic heterocycles. The van der Waals surface area contributed by atoms with Gasteiger partial charge in [-0.25, -0.2) is 0 Å². The van der Waals surface area contributed by atoms with E-state index in [1.807, 2.05) is 11.7 Å². The average molecular weight is 256 g/mol. The smallest absolute Gasteiger partial charge is 0.0625 e. The summed E-state index contributed by atoms with van der Waals surface area (Å²) in [4.78, 5) is 0. The molecule has 0 bridgehead atoms. The van der Waals surface area contributed by atoms with Crippen molar-refractivity contribution in [1.82, 2.24) is 15.1 Å². The van der Waals surface area contributed by atoms with Crippen molar-refractivity contribution in [2.24, 2.45) is 13.0 Å². The third kappa shape index (κ3) is 3.02. The SMILES string of the molecule is CCc1cc(CNC2CCCC2CCl)n(C)n1. The summed E-state index contributed by atoms with van der Waals surface area (Å²) in [6.45, 7) is 3.04. The molecule has 17 heavy (non-hydrogen) atoms. The fourth-order valence-corrected chi connectivity index (χ4v) is 3.01. The summed E-state index contributed by atoms with van der Waals surface area (Å²) in [6, 6.07) is 2.78. The zero-order valence-electron chi connectivity index (χ0n) is 10.7. The molecule has 1 N–H and O–H groups in total. The van der Waals surface area contributed by atoms with Gasteiger partial charge in [-0.05, 0) is 31.2 Å². The van der Waals surface area contributed by atoms with Gasteiger partial charge in [-0.1, -0.05) is 13.3 Å². The quantitative estimate of drug-likeness (QED) is 0.820. The van der Waals surface area contributed by atoms with Gasteiger partial charge in [0.1, 0.15) is 0 Å². The first kappa shape index (κ1) is 12.9. The molecule has 1 aliphatic rings. The number of rotatable bonds is 5. The Hall–Kier alpha value is -0.540. The van der Waals surface area contributed by atoms with Gasteiger partial charge in [-0.15, -0.1) is 11.6 Å². The standard InChI is InChI=1S/C13H22ClN3/c1-3-11-7-12(17(2)16-11)9-15-13-6-4-5-10(13)8-14/h7,10,13,15H,3-6,8-9H2,1-2H3. The molecule has 1 saturated carbocycles. The molecule has 0 radical (unpaired) electrons. The van der Waals surface area contributed by atoms with Crippen LogP contribution >= 0.6 is 11.6 Å².